The van der Waals surface area contributed by atoms with Gasteiger partial charge in [0.05, 0.1) is 30.5 Å². The summed E-state index contributed by atoms with van der Waals surface area (Å²) in [6.07, 6.45) is 5.02. The van der Waals surface area contributed by atoms with Gasteiger partial charge in [0.15, 0.2) is 0 Å². The van der Waals surface area contributed by atoms with Crippen molar-refractivity contribution in [2.75, 3.05) is 38.2 Å². The number of aliphatic hydroxyl groups excluding tert-OH is 1. The number of amides is 1. The lowest BCUT2D eigenvalue weighted by Crippen LogP contribution is -2.56. The van der Waals surface area contributed by atoms with Crippen LogP contribution in [0.5, 0.6) is 0 Å². The highest BCUT2D eigenvalue weighted by molar-refractivity contribution is 5.94. The molecule has 190 valence electrons. The van der Waals surface area contributed by atoms with Gasteiger partial charge in [-0.05, 0) is 101 Å². The number of anilines is 1. The molecule has 3 fully saturated rings. The van der Waals surface area contributed by atoms with Gasteiger partial charge in [0, 0.05) is 24.1 Å². The van der Waals surface area contributed by atoms with E-state index in [2.05, 4.69) is 41.2 Å². The number of aliphatic hydroxyl groups is 1. The predicted octanol–water partition coefficient (Wildman–Crippen LogP) is 4.02. The highest BCUT2D eigenvalue weighted by Crippen LogP contribution is 2.37. The zero-order chi connectivity index (χ0) is 24.8. The summed E-state index contributed by atoms with van der Waals surface area (Å²) in [6, 6.07) is 6.50. The summed E-state index contributed by atoms with van der Waals surface area (Å²) in [7, 11) is 0. The van der Waals surface area contributed by atoms with Gasteiger partial charge in [-0.1, -0.05) is 6.07 Å². The van der Waals surface area contributed by atoms with Crippen molar-refractivity contribution in [3.8, 4) is 0 Å². The average Bonchev–Trinajstić information content (AvgIpc) is 3.17. The number of fused-ring (bicyclic) bond motifs is 1. The lowest BCUT2D eigenvalue weighted by Gasteiger charge is -2.44. The van der Waals surface area contributed by atoms with Crippen LogP contribution in [0.4, 0.5) is 5.82 Å². The molecular formula is C28H39N3O4. The first-order valence-electron chi connectivity index (χ1n) is 13.0. The summed E-state index contributed by atoms with van der Waals surface area (Å²) in [5, 5.41) is 15.7. The average molecular weight is 482 g/mol. The Morgan fingerprint density at radius 2 is 1.91 bits per heavy atom. The Hall–Kier alpha value is -2.06. The SMILES string of the molecule is Cc1cc2cnc(NC(=O)C3CCOC(C)(C)C3)cc2cc1C1CCN(C2(C)COCC2O)CC1. The quantitative estimate of drug-likeness (QED) is 0.686. The van der Waals surface area contributed by atoms with E-state index in [0.29, 0.717) is 31.6 Å². The number of aryl methyl sites for hydroxylation is 1. The van der Waals surface area contributed by atoms with Crippen molar-refractivity contribution in [1.82, 2.24) is 9.88 Å². The molecular weight excluding hydrogens is 442 g/mol. The second-order valence-corrected chi connectivity index (χ2v) is 11.6. The summed E-state index contributed by atoms with van der Waals surface area (Å²) in [4.78, 5) is 19.8. The predicted molar refractivity (Wildman–Crippen MR) is 137 cm³/mol. The van der Waals surface area contributed by atoms with Crippen molar-refractivity contribution in [1.29, 1.82) is 0 Å². The number of likely N-dealkylation sites (tertiary alicyclic amines) is 1. The number of nitrogens with one attached hydrogen (secondary N) is 1. The molecule has 0 saturated carbocycles. The van der Waals surface area contributed by atoms with Gasteiger partial charge in [-0.25, -0.2) is 4.98 Å². The van der Waals surface area contributed by atoms with Crippen LogP contribution in [0.25, 0.3) is 10.8 Å². The van der Waals surface area contributed by atoms with E-state index in [9.17, 15) is 9.90 Å². The van der Waals surface area contributed by atoms with Crippen LogP contribution in [0.15, 0.2) is 24.4 Å². The van der Waals surface area contributed by atoms with Crippen LogP contribution in [0, 0.1) is 12.8 Å². The van der Waals surface area contributed by atoms with Crippen LogP contribution >= 0.6 is 0 Å². The maximum absolute atomic E-state index is 12.9. The number of ether oxygens (including phenoxy) is 2. The van der Waals surface area contributed by atoms with Gasteiger partial charge in [-0.15, -0.1) is 0 Å². The highest BCUT2D eigenvalue weighted by Gasteiger charge is 2.45. The van der Waals surface area contributed by atoms with Crippen molar-refractivity contribution < 1.29 is 19.4 Å². The van der Waals surface area contributed by atoms with Gasteiger partial charge in [-0.2, -0.15) is 0 Å². The van der Waals surface area contributed by atoms with Crippen LogP contribution in [-0.2, 0) is 14.3 Å². The van der Waals surface area contributed by atoms with Gasteiger partial charge < -0.3 is 19.9 Å². The second kappa shape index (κ2) is 9.43. The molecule has 3 saturated heterocycles. The molecule has 1 amide bonds. The number of piperidine rings is 1. The molecule has 5 rings (SSSR count). The van der Waals surface area contributed by atoms with E-state index >= 15 is 0 Å². The number of nitrogens with zero attached hydrogens (tertiary/aromatic N) is 2. The van der Waals surface area contributed by atoms with Crippen molar-refractivity contribution >= 4 is 22.5 Å². The van der Waals surface area contributed by atoms with Crippen LogP contribution in [0.3, 0.4) is 0 Å². The minimum absolute atomic E-state index is 0.0273. The Balaban J connectivity index is 1.29. The number of hydrogen-bond acceptors (Lipinski definition) is 6. The Morgan fingerprint density at radius 3 is 2.60 bits per heavy atom. The molecule has 0 bridgehead atoms. The van der Waals surface area contributed by atoms with Crippen LogP contribution in [-0.4, -0.2) is 71.1 Å². The van der Waals surface area contributed by atoms with E-state index in [-0.39, 0.29) is 23.0 Å². The number of pyridine rings is 1. The first-order chi connectivity index (χ1) is 16.6. The largest absolute Gasteiger partial charge is 0.389 e. The molecule has 35 heavy (non-hydrogen) atoms. The molecule has 3 aliphatic rings. The third-order valence-corrected chi connectivity index (χ3v) is 8.47. The minimum Gasteiger partial charge on any atom is -0.389 e. The molecule has 7 heteroatoms. The van der Waals surface area contributed by atoms with Crippen LogP contribution in [0.2, 0.25) is 0 Å². The number of hydrogen-bond donors (Lipinski definition) is 2. The van der Waals surface area contributed by atoms with Crippen molar-refractivity contribution in [3.63, 3.8) is 0 Å². The molecule has 2 aromatic rings. The number of carbonyl (C=O) groups is 1. The summed E-state index contributed by atoms with van der Waals surface area (Å²) < 4.78 is 11.3. The zero-order valence-corrected chi connectivity index (χ0v) is 21.5. The van der Waals surface area contributed by atoms with Crippen molar-refractivity contribution in [3.05, 3.63) is 35.5 Å². The van der Waals surface area contributed by atoms with Crippen molar-refractivity contribution in [2.45, 2.75) is 76.5 Å². The van der Waals surface area contributed by atoms with E-state index < -0.39 is 6.10 Å². The monoisotopic (exact) mass is 481 g/mol. The molecule has 3 atom stereocenters. The molecule has 1 aromatic carbocycles. The standard InChI is InChI=1S/C28H39N3O4/c1-18-11-22-15-29-25(30-26(33)20-7-10-35-27(2,3)14-20)13-21(22)12-23(18)19-5-8-31(9-6-19)28(4)17-34-16-24(28)32/h11-13,15,19-20,24,32H,5-10,14,16-17H2,1-4H3,(H,29,30,33). The van der Waals surface area contributed by atoms with Crippen LogP contribution in [0.1, 0.15) is 63.5 Å². The normalized spacial score (nSPS) is 30.0. The fourth-order valence-corrected chi connectivity index (χ4v) is 6.17. The lowest BCUT2D eigenvalue weighted by atomic mass is 9.83. The Morgan fingerprint density at radius 1 is 1.14 bits per heavy atom. The van der Waals surface area contributed by atoms with Gasteiger partial charge in [0.2, 0.25) is 5.91 Å². The van der Waals surface area contributed by atoms with E-state index in [4.69, 9.17) is 9.47 Å². The molecule has 7 nitrogen and oxygen atoms in total. The van der Waals surface area contributed by atoms with Gasteiger partial charge in [0.25, 0.3) is 0 Å². The molecule has 4 heterocycles. The first kappa shape index (κ1) is 24.6. The van der Waals surface area contributed by atoms with Gasteiger partial charge in [0.1, 0.15) is 5.82 Å². The maximum Gasteiger partial charge on any atom is 0.228 e. The minimum atomic E-state index is -0.421. The van der Waals surface area contributed by atoms with Crippen molar-refractivity contribution in [2.24, 2.45) is 5.92 Å². The maximum atomic E-state index is 12.9. The Bertz CT molecular complexity index is 1100. The van der Waals surface area contributed by atoms with E-state index in [1.165, 1.54) is 11.1 Å². The smallest absolute Gasteiger partial charge is 0.228 e. The zero-order valence-electron chi connectivity index (χ0n) is 21.5. The summed E-state index contributed by atoms with van der Waals surface area (Å²) >= 11 is 0. The number of benzene rings is 1. The van der Waals surface area contributed by atoms with Crippen LogP contribution < -0.4 is 5.32 Å². The van der Waals surface area contributed by atoms with E-state index in [1.807, 2.05) is 26.1 Å². The third kappa shape index (κ3) is 4.96. The van der Waals surface area contributed by atoms with Gasteiger partial charge >= 0.3 is 0 Å². The Labute approximate surface area is 208 Å². The lowest BCUT2D eigenvalue weighted by molar-refractivity contribution is -0.130. The molecule has 0 radical (unpaired) electrons. The molecule has 0 aliphatic carbocycles. The van der Waals surface area contributed by atoms with E-state index in [0.717, 1.165) is 49.5 Å². The topological polar surface area (TPSA) is 83.9 Å². The number of rotatable bonds is 4. The molecule has 1 aromatic heterocycles. The van der Waals surface area contributed by atoms with Gasteiger partial charge in [-0.3, -0.25) is 9.69 Å². The molecule has 0 spiro atoms. The number of carbonyl (C=O) groups excluding carboxylic acids is 1. The number of aromatic nitrogens is 1. The third-order valence-electron chi connectivity index (χ3n) is 8.47. The summed E-state index contributed by atoms with van der Waals surface area (Å²) in [6.45, 7) is 11.9. The molecule has 3 aliphatic heterocycles. The molecule has 2 N–H and O–H groups in total. The Kier molecular flexibility index (Phi) is 6.64. The first-order valence-corrected chi connectivity index (χ1v) is 13.0. The fraction of sp³-hybridized carbons (Fsp3) is 0.643. The molecule has 3 unspecified atom stereocenters. The summed E-state index contributed by atoms with van der Waals surface area (Å²) in [5.41, 5.74) is 2.12. The summed E-state index contributed by atoms with van der Waals surface area (Å²) in [5.74, 6) is 1.06. The second-order valence-electron chi connectivity index (χ2n) is 11.6. The highest BCUT2D eigenvalue weighted by atomic mass is 16.5. The fourth-order valence-electron chi connectivity index (χ4n) is 6.17. The van der Waals surface area contributed by atoms with E-state index in [1.54, 1.807) is 0 Å².